The number of para-hydroxylation sites is 1. The van der Waals surface area contributed by atoms with Crippen molar-refractivity contribution < 1.29 is 9.53 Å². The number of carbonyl (C=O) groups is 1. The van der Waals surface area contributed by atoms with Gasteiger partial charge in [0.2, 0.25) is 0 Å². The molecule has 1 aromatic heterocycles. The molecule has 2 atom stereocenters. The summed E-state index contributed by atoms with van der Waals surface area (Å²) >= 11 is 0. The molecule has 0 aliphatic carbocycles. The van der Waals surface area contributed by atoms with Crippen LogP contribution in [0, 0.1) is 12.8 Å². The molecular formula is C25H29N3O4. The van der Waals surface area contributed by atoms with E-state index in [-0.39, 0.29) is 29.9 Å². The summed E-state index contributed by atoms with van der Waals surface area (Å²) in [6.07, 6.45) is 0.815. The number of hydrogen-bond donors (Lipinski definition) is 1. The van der Waals surface area contributed by atoms with Crippen LogP contribution in [0.5, 0.6) is 0 Å². The Balaban J connectivity index is 1.52. The van der Waals surface area contributed by atoms with Crippen LogP contribution in [0.1, 0.15) is 30.4 Å². The van der Waals surface area contributed by atoms with Crippen molar-refractivity contribution in [1.82, 2.24) is 14.5 Å². The van der Waals surface area contributed by atoms with E-state index in [9.17, 15) is 14.4 Å². The molecular weight excluding hydrogens is 406 g/mol. The fourth-order valence-electron chi connectivity index (χ4n) is 4.57. The summed E-state index contributed by atoms with van der Waals surface area (Å²) in [6.45, 7) is 6.31. The van der Waals surface area contributed by atoms with Gasteiger partial charge in [-0.3, -0.25) is 14.2 Å². The maximum atomic E-state index is 12.8. The summed E-state index contributed by atoms with van der Waals surface area (Å²) in [4.78, 5) is 42.9. The molecule has 1 fully saturated rings. The Morgan fingerprint density at radius 1 is 1.09 bits per heavy atom. The molecule has 1 saturated heterocycles. The Morgan fingerprint density at radius 2 is 1.84 bits per heavy atom. The number of fused-ring (bicyclic) bond motifs is 1. The van der Waals surface area contributed by atoms with Gasteiger partial charge in [-0.05, 0) is 50.4 Å². The third kappa shape index (κ3) is 4.53. The van der Waals surface area contributed by atoms with Crippen molar-refractivity contribution in [2.24, 2.45) is 5.92 Å². The maximum Gasteiger partial charge on any atom is 0.328 e. The number of nitrogens with one attached hydrogen (secondary N) is 1. The molecule has 7 heteroatoms. The van der Waals surface area contributed by atoms with Crippen LogP contribution >= 0.6 is 0 Å². The maximum absolute atomic E-state index is 12.8. The Kier molecular flexibility index (Phi) is 6.55. The number of nitrogens with zero attached hydrogens (tertiary/aromatic N) is 2. The number of aryl methyl sites for hydroxylation is 1. The molecule has 4 rings (SSSR count). The molecule has 0 bridgehead atoms. The van der Waals surface area contributed by atoms with Gasteiger partial charge in [0.15, 0.2) is 0 Å². The number of hydrogen-bond acceptors (Lipinski definition) is 5. The van der Waals surface area contributed by atoms with E-state index in [1.54, 1.807) is 24.3 Å². The molecule has 168 valence electrons. The lowest BCUT2D eigenvalue weighted by Gasteiger charge is -2.37. The molecule has 2 aromatic carbocycles. The van der Waals surface area contributed by atoms with E-state index in [1.807, 2.05) is 13.8 Å². The van der Waals surface area contributed by atoms with E-state index in [4.69, 9.17) is 4.74 Å². The zero-order chi connectivity index (χ0) is 22.7. The highest BCUT2D eigenvalue weighted by molar-refractivity contribution is 5.77. The van der Waals surface area contributed by atoms with Gasteiger partial charge in [0, 0.05) is 19.6 Å². The summed E-state index contributed by atoms with van der Waals surface area (Å²) in [7, 11) is 0. The molecule has 1 aliphatic heterocycles. The second kappa shape index (κ2) is 9.53. The number of H-pyrrole nitrogens is 1. The Bertz CT molecular complexity index is 1210. The first-order valence-corrected chi connectivity index (χ1v) is 11.2. The Hall–Kier alpha value is -3.19. The van der Waals surface area contributed by atoms with Gasteiger partial charge < -0.3 is 14.6 Å². The number of carbonyl (C=O) groups excluding carboxylic acids is 1. The zero-order valence-corrected chi connectivity index (χ0v) is 18.5. The highest BCUT2D eigenvalue weighted by atomic mass is 16.5. The third-order valence-corrected chi connectivity index (χ3v) is 6.32. The standard InChI is InChI=1S/C25H29N3O4/c1-3-32-24(30)21-16-27(13-12-19(21)18-10-8-17(2)9-11-18)14-15-28-23(29)20-6-4-5-7-22(20)26-25(28)31/h4-11,19,21H,3,12-16H2,1-2H3,(H,26,31)/t19-,21-/m0/s1. The number of esters is 1. The second-order valence-corrected chi connectivity index (χ2v) is 8.40. The normalized spacial score (nSPS) is 19.2. The lowest BCUT2D eigenvalue weighted by atomic mass is 9.80. The highest BCUT2D eigenvalue weighted by Crippen LogP contribution is 2.34. The average molecular weight is 436 g/mol. The fourth-order valence-corrected chi connectivity index (χ4v) is 4.57. The topological polar surface area (TPSA) is 84.4 Å². The molecule has 0 spiro atoms. The third-order valence-electron chi connectivity index (χ3n) is 6.32. The van der Waals surface area contributed by atoms with Crippen molar-refractivity contribution >= 4 is 16.9 Å². The summed E-state index contributed by atoms with van der Waals surface area (Å²) in [5, 5.41) is 0.495. The predicted octanol–water partition coefficient (Wildman–Crippen LogP) is 2.67. The van der Waals surface area contributed by atoms with Crippen molar-refractivity contribution in [2.45, 2.75) is 32.7 Å². The van der Waals surface area contributed by atoms with Gasteiger partial charge in [0.1, 0.15) is 0 Å². The van der Waals surface area contributed by atoms with Crippen LogP contribution in [-0.4, -0.2) is 46.7 Å². The number of benzene rings is 2. The van der Waals surface area contributed by atoms with Crippen LogP contribution in [-0.2, 0) is 16.1 Å². The highest BCUT2D eigenvalue weighted by Gasteiger charge is 2.36. The molecule has 1 N–H and O–H groups in total. The molecule has 0 saturated carbocycles. The van der Waals surface area contributed by atoms with E-state index < -0.39 is 5.69 Å². The summed E-state index contributed by atoms with van der Waals surface area (Å²) in [5.74, 6) is -0.376. The Labute approximate surface area is 186 Å². The summed E-state index contributed by atoms with van der Waals surface area (Å²) in [6, 6.07) is 15.3. The lowest BCUT2D eigenvalue weighted by Crippen LogP contribution is -2.46. The largest absolute Gasteiger partial charge is 0.466 e. The smallest absolute Gasteiger partial charge is 0.328 e. The van der Waals surface area contributed by atoms with Crippen LogP contribution in [0.3, 0.4) is 0 Å². The van der Waals surface area contributed by atoms with Gasteiger partial charge in [-0.2, -0.15) is 0 Å². The molecule has 2 heterocycles. The van der Waals surface area contributed by atoms with Gasteiger partial charge in [-0.1, -0.05) is 42.0 Å². The minimum Gasteiger partial charge on any atom is -0.466 e. The van der Waals surface area contributed by atoms with E-state index >= 15 is 0 Å². The average Bonchev–Trinajstić information content (AvgIpc) is 2.79. The number of aromatic amines is 1. The van der Waals surface area contributed by atoms with Crippen LogP contribution in [0.25, 0.3) is 10.9 Å². The van der Waals surface area contributed by atoms with Crippen molar-refractivity contribution in [2.75, 3.05) is 26.2 Å². The molecule has 0 radical (unpaired) electrons. The number of likely N-dealkylation sites (tertiary alicyclic amines) is 1. The van der Waals surface area contributed by atoms with E-state index in [1.165, 1.54) is 10.1 Å². The monoisotopic (exact) mass is 435 g/mol. The lowest BCUT2D eigenvalue weighted by molar-refractivity contribution is -0.150. The fraction of sp³-hybridized carbons (Fsp3) is 0.400. The number of ether oxygens (including phenoxy) is 1. The minimum atomic E-state index is -0.412. The number of piperidine rings is 1. The van der Waals surface area contributed by atoms with Crippen molar-refractivity contribution in [3.63, 3.8) is 0 Å². The molecule has 7 nitrogen and oxygen atoms in total. The number of aromatic nitrogens is 2. The van der Waals surface area contributed by atoms with Crippen LogP contribution in [0.15, 0.2) is 58.1 Å². The predicted molar refractivity (Wildman–Crippen MR) is 124 cm³/mol. The van der Waals surface area contributed by atoms with Gasteiger partial charge in [0.25, 0.3) is 5.56 Å². The van der Waals surface area contributed by atoms with Gasteiger partial charge >= 0.3 is 11.7 Å². The molecule has 32 heavy (non-hydrogen) atoms. The first kappa shape index (κ1) is 22.0. The molecule has 3 aromatic rings. The van der Waals surface area contributed by atoms with E-state index in [0.29, 0.717) is 30.6 Å². The van der Waals surface area contributed by atoms with Crippen LogP contribution in [0.2, 0.25) is 0 Å². The Morgan fingerprint density at radius 3 is 2.59 bits per heavy atom. The van der Waals surface area contributed by atoms with E-state index in [0.717, 1.165) is 18.5 Å². The zero-order valence-electron chi connectivity index (χ0n) is 18.5. The second-order valence-electron chi connectivity index (χ2n) is 8.40. The van der Waals surface area contributed by atoms with Crippen molar-refractivity contribution in [3.05, 3.63) is 80.5 Å². The first-order valence-electron chi connectivity index (χ1n) is 11.2. The molecule has 1 aliphatic rings. The molecule has 0 amide bonds. The van der Waals surface area contributed by atoms with Gasteiger partial charge in [0.05, 0.1) is 23.4 Å². The van der Waals surface area contributed by atoms with Crippen LogP contribution < -0.4 is 11.2 Å². The molecule has 0 unspecified atom stereocenters. The number of rotatable bonds is 6. The SMILES string of the molecule is CCOC(=O)[C@H]1CN(CCn2c(=O)[nH]c3ccccc3c2=O)CC[C@H]1c1ccc(C)cc1. The van der Waals surface area contributed by atoms with Crippen molar-refractivity contribution in [1.29, 1.82) is 0 Å². The van der Waals surface area contributed by atoms with Crippen molar-refractivity contribution in [3.8, 4) is 0 Å². The van der Waals surface area contributed by atoms with Gasteiger partial charge in [-0.15, -0.1) is 0 Å². The minimum absolute atomic E-state index is 0.0951. The van der Waals surface area contributed by atoms with Gasteiger partial charge in [-0.25, -0.2) is 4.79 Å². The van der Waals surface area contributed by atoms with E-state index in [2.05, 4.69) is 34.1 Å². The first-order chi connectivity index (χ1) is 15.5. The quantitative estimate of drug-likeness (QED) is 0.602. The van der Waals surface area contributed by atoms with Crippen LogP contribution in [0.4, 0.5) is 0 Å². The summed E-state index contributed by atoms with van der Waals surface area (Å²) < 4.78 is 6.62. The summed E-state index contributed by atoms with van der Waals surface area (Å²) in [5.41, 5.74) is 2.17.